The van der Waals surface area contributed by atoms with Gasteiger partial charge in [0.25, 0.3) is 0 Å². The summed E-state index contributed by atoms with van der Waals surface area (Å²) < 4.78 is 2.29. The van der Waals surface area contributed by atoms with Gasteiger partial charge in [-0.3, -0.25) is 4.90 Å². The number of imidazole rings is 1. The monoisotopic (exact) mass is 203 g/mol. The lowest BCUT2D eigenvalue weighted by Crippen LogP contribution is -2.58. The predicted molar refractivity (Wildman–Crippen MR) is 57.3 cm³/mol. The zero-order valence-electron chi connectivity index (χ0n) is 9.02. The van der Waals surface area contributed by atoms with Gasteiger partial charge in [-0.05, 0) is 30.6 Å². The summed E-state index contributed by atoms with van der Waals surface area (Å²) >= 11 is 0. The average Bonchev–Trinajstić information content (AvgIpc) is 2.56. The summed E-state index contributed by atoms with van der Waals surface area (Å²) in [6, 6.07) is 0. The van der Waals surface area contributed by atoms with Crippen molar-refractivity contribution in [1.29, 1.82) is 0 Å². The normalized spacial score (nSPS) is 38.0. The van der Waals surface area contributed by atoms with Crippen LogP contribution in [0.3, 0.4) is 0 Å². The minimum Gasteiger partial charge on any atom is -0.333 e. The Morgan fingerprint density at radius 3 is 2.93 bits per heavy atom. The lowest BCUT2D eigenvalue weighted by atomic mass is 9.44. The van der Waals surface area contributed by atoms with Crippen LogP contribution in [0.15, 0.2) is 12.4 Å². The summed E-state index contributed by atoms with van der Waals surface area (Å²) in [5.74, 6) is 2.37. The summed E-state index contributed by atoms with van der Waals surface area (Å²) in [5.41, 5.74) is 0.749. The highest BCUT2D eigenvalue weighted by atomic mass is 15.2. The maximum Gasteiger partial charge on any atom is 0.122 e. The van der Waals surface area contributed by atoms with Gasteiger partial charge >= 0.3 is 0 Å². The fourth-order valence-corrected chi connectivity index (χ4v) is 3.68. The van der Waals surface area contributed by atoms with Crippen molar-refractivity contribution in [2.45, 2.75) is 32.4 Å². The van der Waals surface area contributed by atoms with Crippen LogP contribution in [-0.4, -0.2) is 27.5 Å². The van der Waals surface area contributed by atoms with Gasteiger partial charge in [-0.15, -0.1) is 0 Å². The molecule has 4 aliphatic rings. The Hall–Kier alpha value is -0.830. The van der Waals surface area contributed by atoms with Crippen molar-refractivity contribution in [3.8, 4) is 0 Å². The molecule has 0 atom stereocenters. The maximum absolute atomic E-state index is 4.41. The molecule has 0 aromatic carbocycles. The van der Waals surface area contributed by atoms with Crippen molar-refractivity contribution < 1.29 is 0 Å². The second-order valence-corrected chi connectivity index (χ2v) is 5.73. The van der Waals surface area contributed by atoms with E-state index in [1.54, 1.807) is 0 Å². The van der Waals surface area contributed by atoms with Crippen LogP contribution in [0.25, 0.3) is 0 Å². The first-order chi connectivity index (χ1) is 7.33. The average molecular weight is 203 g/mol. The molecule has 0 unspecified atom stereocenters. The quantitative estimate of drug-likeness (QED) is 0.726. The number of rotatable bonds is 2. The molecule has 0 amide bonds. The van der Waals surface area contributed by atoms with Crippen LogP contribution in [-0.2, 0) is 13.1 Å². The summed E-state index contributed by atoms with van der Waals surface area (Å²) in [4.78, 5) is 7.02. The molecule has 0 radical (unpaired) electrons. The van der Waals surface area contributed by atoms with E-state index < -0.39 is 0 Å². The Morgan fingerprint density at radius 2 is 2.20 bits per heavy atom. The zero-order chi connectivity index (χ0) is 9.88. The van der Waals surface area contributed by atoms with Gasteiger partial charge in [-0.25, -0.2) is 4.98 Å². The molecule has 3 fully saturated rings. The second-order valence-electron chi connectivity index (χ2n) is 5.73. The Labute approximate surface area is 90.1 Å². The highest BCUT2D eigenvalue weighted by Gasteiger charge is 2.56. The minimum absolute atomic E-state index is 0.749. The highest BCUT2D eigenvalue weighted by Crippen LogP contribution is 2.64. The Kier molecular flexibility index (Phi) is 1.47. The number of hydrogen-bond acceptors (Lipinski definition) is 2. The molecule has 0 spiro atoms. The van der Waals surface area contributed by atoms with Crippen LogP contribution in [0.1, 0.15) is 25.1 Å². The molecule has 1 aromatic rings. The topological polar surface area (TPSA) is 21.1 Å². The van der Waals surface area contributed by atoms with Gasteiger partial charge in [0.1, 0.15) is 5.82 Å². The van der Waals surface area contributed by atoms with Gasteiger partial charge in [0.15, 0.2) is 0 Å². The predicted octanol–water partition coefficient (Wildman–Crippen LogP) is 1.50. The van der Waals surface area contributed by atoms with Gasteiger partial charge in [-0.1, -0.05) is 0 Å². The van der Waals surface area contributed by atoms with Gasteiger partial charge in [0.05, 0.1) is 6.54 Å². The van der Waals surface area contributed by atoms with E-state index in [1.165, 1.54) is 38.2 Å². The van der Waals surface area contributed by atoms with E-state index in [0.29, 0.717) is 0 Å². The first kappa shape index (κ1) is 8.34. The zero-order valence-corrected chi connectivity index (χ0v) is 9.02. The minimum atomic E-state index is 0.749. The largest absolute Gasteiger partial charge is 0.333 e. The van der Waals surface area contributed by atoms with Crippen LogP contribution in [0.5, 0.6) is 0 Å². The van der Waals surface area contributed by atoms with Crippen molar-refractivity contribution in [3.05, 3.63) is 18.2 Å². The highest BCUT2D eigenvalue weighted by molar-refractivity contribution is 5.08. The van der Waals surface area contributed by atoms with Crippen molar-refractivity contribution in [2.75, 3.05) is 13.1 Å². The van der Waals surface area contributed by atoms with Crippen molar-refractivity contribution in [2.24, 2.45) is 11.3 Å². The molecular weight excluding hydrogens is 186 g/mol. The van der Waals surface area contributed by atoms with Crippen LogP contribution in [0.2, 0.25) is 0 Å². The molecule has 80 valence electrons. The molecule has 1 aliphatic heterocycles. The third kappa shape index (κ3) is 1.13. The van der Waals surface area contributed by atoms with E-state index in [0.717, 1.165) is 24.4 Å². The lowest BCUT2D eigenvalue weighted by Gasteiger charge is -2.63. The van der Waals surface area contributed by atoms with Crippen molar-refractivity contribution in [1.82, 2.24) is 14.5 Å². The van der Waals surface area contributed by atoms with E-state index in [1.807, 2.05) is 6.20 Å². The van der Waals surface area contributed by atoms with E-state index in [9.17, 15) is 0 Å². The Morgan fingerprint density at radius 1 is 1.33 bits per heavy atom. The van der Waals surface area contributed by atoms with Crippen LogP contribution < -0.4 is 0 Å². The van der Waals surface area contributed by atoms with Gasteiger partial charge in [0.2, 0.25) is 0 Å². The van der Waals surface area contributed by atoms with Crippen LogP contribution in [0, 0.1) is 11.3 Å². The van der Waals surface area contributed by atoms with Crippen molar-refractivity contribution >= 4 is 0 Å². The second kappa shape index (κ2) is 2.64. The molecule has 0 saturated heterocycles. The fraction of sp³-hybridized carbons (Fsp3) is 0.750. The standard InChI is InChI=1S/C12H17N3/c1-2-15-4-3-14(8-11(15)13-1)9-12-5-10(6-12)7-12/h1-2,10H,3-9H2. The Bertz CT molecular complexity index is 378. The third-order valence-electron chi connectivity index (χ3n) is 4.55. The first-order valence-electron chi connectivity index (χ1n) is 6.05. The van der Waals surface area contributed by atoms with Gasteiger partial charge in [0, 0.05) is 32.0 Å². The van der Waals surface area contributed by atoms with Crippen LogP contribution in [0.4, 0.5) is 0 Å². The maximum atomic E-state index is 4.41. The molecule has 2 bridgehead atoms. The molecule has 2 heterocycles. The molecule has 3 aliphatic carbocycles. The molecule has 1 aromatic heterocycles. The fourth-order valence-electron chi connectivity index (χ4n) is 3.68. The number of nitrogens with zero attached hydrogens (tertiary/aromatic N) is 3. The van der Waals surface area contributed by atoms with E-state index in [2.05, 4.69) is 20.6 Å². The summed E-state index contributed by atoms with van der Waals surface area (Å²) in [6.45, 7) is 4.75. The lowest BCUT2D eigenvalue weighted by molar-refractivity contribution is -0.127. The van der Waals surface area contributed by atoms with E-state index in [-0.39, 0.29) is 0 Å². The van der Waals surface area contributed by atoms with Gasteiger partial charge < -0.3 is 4.57 Å². The molecule has 3 nitrogen and oxygen atoms in total. The van der Waals surface area contributed by atoms with Gasteiger partial charge in [-0.2, -0.15) is 0 Å². The molecular formula is C12H17N3. The van der Waals surface area contributed by atoms with E-state index in [4.69, 9.17) is 0 Å². The Balaban J connectivity index is 1.47. The molecule has 0 N–H and O–H groups in total. The van der Waals surface area contributed by atoms with Crippen LogP contribution >= 0.6 is 0 Å². The summed E-state index contributed by atoms with van der Waals surface area (Å²) in [6.07, 6.45) is 8.57. The summed E-state index contributed by atoms with van der Waals surface area (Å²) in [5, 5.41) is 0. The van der Waals surface area contributed by atoms with Crippen molar-refractivity contribution in [3.63, 3.8) is 0 Å². The number of fused-ring (bicyclic) bond motifs is 1. The molecule has 5 rings (SSSR count). The molecule has 3 saturated carbocycles. The first-order valence-corrected chi connectivity index (χ1v) is 6.05. The summed E-state index contributed by atoms with van der Waals surface area (Å²) in [7, 11) is 0. The smallest absolute Gasteiger partial charge is 0.122 e. The SMILES string of the molecule is c1cn2c(n1)CN(CC13CC(C1)C3)CC2. The number of aromatic nitrogens is 2. The third-order valence-corrected chi connectivity index (χ3v) is 4.55. The number of hydrogen-bond donors (Lipinski definition) is 0. The molecule has 15 heavy (non-hydrogen) atoms. The van der Waals surface area contributed by atoms with E-state index >= 15 is 0 Å². The molecule has 3 heteroatoms.